The number of Topliss-reactive ketones (excluding diaryl/α,β-unsaturated/α-hetero) is 1. The van der Waals surface area contributed by atoms with Gasteiger partial charge in [-0.25, -0.2) is 13.8 Å². The molecule has 1 saturated heterocycles. The Morgan fingerprint density at radius 1 is 1.19 bits per heavy atom. The Hall–Kier alpha value is -2.59. The van der Waals surface area contributed by atoms with Crippen molar-refractivity contribution >= 4 is 23.8 Å². The number of ketones is 1. The Morgan fingerprint density at radius 3 is 2.39 bits per heavy atom. The zero-order valence-corrected chi connectivity index (χ0v) is 21.3. The van der Waals surface area contributed by atoms with Gasteiger partial charge in [-0.2, -0.15) is 0 Å². The van der Waals surface area contributed by atoms with E-state index in [0.29, 0.717) is 43.7 Å². The Labute approximate surface area is 210 Å². The SMILES string of the molecule is CC(C)(C)[C@H](NC(=O)[C@H](CC1CCCC1)CN(O)C=O)C(=O)c1cc(F)c(F)cc1N1CCOCC1. The Morgan fingerprint density at radius 2 is 1.81 bits per heavy atom. The first-order valence-electron chi connectivity index (χ1n) is 12.6. The predicted molar refractivity (Wildman–Crippen MR) is 130 cm³/mol. The third-order valence-corrected chi connectivity index (χ3v) is 7.06. The zero-order valence-electron chi connectivity index (χ0n) is 21.3. The van der Waals surface area contributed by atoms with Crippen molar-refractivity contribution in [2.24, 2.45) is 17.3 Å². The monoisotopic (exact) mass is 509 g/mol. The molecule has 36 heavy (non-hydrogen) atoms. The lowest BCUT2D eigenvalue weighted by Gasteiger charge is -2.35. The fourth-order valence-electron chi connectivity index (χ4n) is 5.07. The van der Waals surface area contributed by atoms with Crippen LogP contribution in [0.25, 0.3) is 0 Å². The van der Waals surface area contributed by atoms with Gasteiger partial charge in [0.1, 0.15) is 0 Å². The van der Waals surface area contributed by atoms with E-state index in [-0.39, 0.29) is 24.2 Å². The summed E-state index contributed by atoms with van der Waals surface area (Å²) in [5, 5.41) is 13.1. The van der Waals surface area contributed by atoms with E-state index >= 15 is 0 Å². The number of morpholine rings is 1. The average Bonchev–Trinajstić information content (AvgIpc) is 3.36. The third kappa shape index (κ3) is 7.00. The fourth-order valence-corrected chi connectivity index (χ4v) is 5.07. The van der Waals surface area contributed by atoms with Crippen molar-refractivity contribution in [3.8, 4) is 0 Å². The summed E-state index contributed by atoms with van der Waals surface area (Å²) in [5.74, 6) is -3.62. The summed E-state index contributed by atoms with van der Waals surface area (Å²) in [7, 11) is 0. The van der Waals surface area contributed by atoms with Gasteiger partial charge in [-0.1, -0.05) is 46.5 Å². The largest absolute Gasteiger partial charge is 0.378 e. The van der Waals surface area contributed by atoms with Crippen molar-refractivity contribution < 1.29 is 33.1 Å². The minimum absolute atomic E-state index is 0.0138. The number of benzene rings is 1. The number of halogens is 2. The van der Waals surface area contributed by atoms with Gasteiger partial charge < -0.3 is 15.0 Å². The normalized spacial score (nSPS) is 18.6. The molecule has 1 aliphatic heterocycles. The second kappa shape index (κ2) is 12.1. The number of rotatable bonds is 10. The van der Waals surface area contributed by atoms with Crippen molar-refractivity contribution in [3.63, 3.8) is 0 Å². The van der Waals surface area contributed by atoms with Crippen molar-refractivity contribution in [2.45, 2.75) is 58.9 Å². The van der Waals surface area contributed by atoms with Crippen LogP contribution in [0.15, 0.2) is 12.1 Å². The molecule has 0 bridgehead atoms. The minimum Gasteiger partial charge on any atom is -0.378 e. The highest BCUT2D eigenvalue weighted by molar-refractivity contribution is 6.06. The molecule has 1 aromatic carbocycles. The number of hydroxylamine groups is 2. The van der Waals surface area contributed by atoms with Crippen LogP contribution in [0, 0.1) is 28.9 Å². The molecule has 2 aliphatic rings. The molecule has 1 aliphatic carbocycles. The molecule has 1 heterocycles. The highest BCUT2D eigenvalue weighted by Gasteiger charge is 2.38. The van der Waals surface area contributed by atoms with Gasteiger partial charge in [0.25, 0.3) is 0 Å². The van der Waals surface area contributed by atoms with Crippen LogP contribution in [-0.4, -0.2) is 67.3 Å². The van der Waals surface area contributed by atoms with Crippen molar-refractivity contribution in [1.29, 1.82) is 0 Å². The number of hydrogen-bond donors (Lipinski definition) is 2. The first-order valence-corrected chi connectivity index (χ1v) is 12.6. The maximum atomic E-state index is 14.3. The summed E-state index contributed by atoms with van der Waals surface area (Å²) in [4.78, 5) is 40.0. The van der Waals surface area contributed by atoms with E-state index < -0.39 is 40.7 Å². The van der Waals surface area contributed by atoms with Crippen LogP contribution in [0.3, 0.4) is 0 Å². The van der Waals surface area contributed by atoms with E-state index in [1.807, 2.05) is 0 Å². The number of amides is 2. The van der Waals surface area contributed by atoms with Crippen LogP contribution in [0.1, 0.15) is 63.2 Å². The lowest BCUT2D eigenvalue weighted by molar-refractivity contribution is -0.155. The first-order chi connectivity index (χ1) is 17.0. The number of carbonyl (C=O) groups excluding carboxylic acids is 3. The van der Waals surface area contributed by atoms with Crippen molar-refractivity contribution in [1.82, 2.24) is 10.4 Å². The first kappa shape index (κ1) is 28.0. The Kier molecular flexibility index (Phi) is 9.41. The number of ether oxygens (including phenoxy) is 1. The number of hydrogen-bond acceptors (Lipinski definition) is 6. The standard InChI is InChI=1S/C26H37F2N3O5/c1-26(2,3)24(29-25(34)18(15-31(35)16-32)12-17-6-4-5-7-17)23(33)19-13-20(27)21(28)14-22(19)30-8-10-36-11-9-30/h13-14,16-18,24,35H,4-12,15H2,1-3H3,(H,29,34)/t18-,24-/m1/s1. The van der Waals surface area contributed by atoms with E-state index in [1.54, 1.807) is 25.7 Å². The molecule has 2 atom stereocenters. The van der Waals surface area contributed by atoms with Crippen LogP contribution in [0.2, 0.25) is 0 Å². The fraction of sp³-hybridized carbons (Fsp3) is 0.654. The smallest absolute Gasteiger partial charge is 0.233 e. The van der Waals surface area contributed by atoms with Gasteiger partial charge in [-0.3, -0.25) is 19.6 Å². The molecule has 0 unspecified atom stereocenters. The molecule has 2 fully saturated rings. The maximum absolute atomic E-state index is 14.3. The molecular weight excluding hydrogens is 472 g/mol. The molecule has 8 nitrogen and oxygen atoms in total. The van der Waals surface area contributed by atoms with Gasteiger partial charge in [-0.15, -0.1) is 0 Å². The van der Waals surface area contributed by atoms with Crippen LogP contribution in [0.5, 0.6) is 0 Å². The highest BCUT2D eigenvalue weighted by Crippen LogP contribution is 2.33. The average molecular weight is 510 g/mol. The van der Waals surface area contributed by atoms with Crippen LogP contribution < -0.4 is 10.2 Å². The van der Waals surface area contributed by atoms with Gasteiger partial charge in [0.15, 0.2) is 17.4 Å². The topological polar surface area (TPSA) is 99.2 Å². The lowest BCUT2D eigenvalue weighted by atomic mass is 9.81. The Balaban J connectivity index is 1.90. The van der Waals surface area contributed by atoms with Crippen molar-refractivity contribution in [3.05, 3.63) is 29.3 Å². The molecule has 200 valence electrons. The van der Waals surface area contributed by atoms with E-state index in [4.69, 9.17) is 4.74 Å². The summed E-state index contributed by atoms with van der Waals surface area (Å²) in [6.07, 6.45) is 4.80. The molecule has 10 heteroatoms. The minimum atomic E-state index is -1.14. The molecule has 0 aromatic heterocycles. The number of nitrogens with one attached hydrogen (secondary N) is 1. The number of anilines is 1. The van der Waals surface area contributed by atoms with E-state index in [2.05, 4.69) is 5.32 Å². The zero-order chi connectivity index (χ0) is 26.5. The summed E-state index contributed by atoms with van der Waals surface area (Å²) >= 11 is 0. The second-order valence-corrected chi connectivity index (χ2v) is 10.9. The third-order valence-electron chi connectivity index (χ3n) is 7.06. The van der Waals surface area contributed by atoms with Gasteiger partial charge in [0.05, 0.1) is 37.4 Å². The van der Waals surface area contributed by atoms with Gasteiger partial charge in [-0.05, 0) is 23.8 Å². The molecule has 3 rings (SSSR count). The molecule has 0 radical (unpaired) electrons. The summed E-state index contributed by atoms with van der Waals surface area (Å²) in [5.41, 5.74) is -0.516. The quantitative estimate of drug-likeness (QED) is 0.217. The van der Waals surface area contributed by atoms with Crippen LogP contribution >= 0.6 is 0 Å². The molecule has 2 N–H and O–H groups in total. The lowest BCUT2D eigenvalue weighted by Crippen LogP contribution is -2.52. The summed E-state index contributed by atoms with van der Waals surface area (Å²) in [6, 6.07) is 0.862. The highest BCUT2D eigenvalue weighted by atomic mass is 19.2. The van der Waals surface area contributed by atoms with Gasteiger partial charge in [0.2, 0.25) is 12.3 Å². The summed E-state index contributed by atoms with van der Waals surface area (Å²) in [6.45, 7) is 6.76. The molecule has 1 aromatic rings. The molecule has 0 spiro atoms. The number of carbonyl (C=O) groups is 3. The van der Waals surface area contributed by atoms with E-state index in [1.165, 1.54) is 0 Å². The van der Waals surface area contributed by atoms with Gasteiger partial charge >= 0.3 is 0 Å². The van der Waals surface area contributed by atoms with E-state index in [0.717, 1.165) is 37.8 Å². The van der Waals surface area contributed by atoms with Crippen LogP contribution in [-0.2, 0) is 14.3 Å². The maximum Gasteiger partial charge on any atom is 0.233 e. The molecule has 1 saturated carbocycles. The van der Waals surface area contributed by atoms with Crippen LogP contribution in [0.4, 0.5) is 14.5 Å². The number of nitrogens with zero attached hydrogens (tertiary/aromatic N) is 2. The summed E-state index contributed by atoms with van der Waals surface area (Å²) < 4.78 is 33.9. The Bertz CT molecular complexity index is 940. The predicted octanol–water partition coefficient (Wildman–Crippen LogP) is 3.56. The molecular formula is C26H37F2N3O5. The molecule has 2 amide bonds. The van der Waals surface area contributed by atoms with Crippen molar-refractivity contribution in [2.75, 3.05) is 37.7 Å². The van der Waals surface area contributed by atoms with Gasteiger partial charge in [0, 0.05) is 24.7 Å². The second-order valence-electron chi connectivity index (χ2n) is 10.9. The van der Waals surface area contributed by atoms with E-state index in [9.17, 15) is 28.4 Å².